The molecule has 0 amide bonds. The molecule has 7 nitrogen and oxygen atoms in total. The fraction of sp³-hybridized carbons (Fsp3) is 0.571. The van der Waals surface area contributed by atoms with Gasteiger partial charge in [-0.25, -0.2) is 4.79 Å². The molecule has 76 valence electrons. The first-order valence-electron chi connectivity index (χ1n) is 4.25. The Labute approximate surface area is 79.5 Å². The summed E-state index contributed by atoms with van der Waals surface area (Å²) in [6.07, 6.45) is -0.325. The minimum atomic E-state index is -1.09. The Kier molecular flexibility index (Phi) is 2.42. The molecule has 3 N–H and O–H groups in total. The van der Waals surface area contributed by atoms with Crippen LogP contribution < -0.4 is 5.32 Å². The average molecular weight is 198 g/mol. The van der Waals surface area contributed by atoms with Gasteiger partial charge in [-0.3, -0.25) is 0 Å². The van der Waals surface area contributed by atoms with E-state index in [9.17, 15) is 4.79 Å². The Hall–Kier alpha value is -1.47. The molecule has 2 heterocycles. The summed E-state index contributed by atoms with van der Waals surface area (Å²) in [5, 5.41) is 21.5. The van der Waals surface area contributed by atoms with Crippen LogP contribution in [-0.2, 0) is 4.74 Å². The lowest BCUT2D eigenvalue weighted by molar-refractivity contribution is 0.0236. The van der Waals surface area contributed by atoms with Crippen LogP contribution in [0, 0.1) is 0 Å². The number of carboxylic acid groups (broad SMARTS) is 1. The molecule has 1 aliphatic rings. The molecule has 1 unspecified atom stereocenters. The molecule has 1 aliphatic heterocycles. The monoisotopic (exact) mass is 198 g/mol. The van der Waals surface area contributed by atoms with E-state index in [0.717, 1.165) is 6.54 Å². The predicted octanol–water partition coefficient (Wildman–Crippen LogP) is -0.836. The van der Waals surface area contributed by atoms with Gasteiger partial charge >= 0.3 is 5.97 Å². The van der Waals surface area contributed by atoms with Gasteiger partial charge in [0.2, 0.25) is 0 Å². The van der Waals surface area contributed by atoms with Crippen LogP contribution in [0.4, 0.5) is 0 Å². The van der Waals surface area contributed by atoms with Gasteiger partial charge in [-0.05, 0) is 0 Å². The Balaban J connectivity index is 2.21. The summed E-state index contributed by atoms with van der Waals surface area (Å²) in [5.41, 5.74) is 0.281. The van der Waals surface area contributed by atoms with Crippen LogP contribution >= 0.6 is 0 Å². The third-order valence-electron chi connectivity index (χ3n) is 2.01. The number of H-pyrrole nitrogens is 1. The number of aromatic carboxylic acids is 1. The lowest BCUT2D eigenvalue weighted by Gasteiger charge is -2.21. The minimum Gasteiger partial charge on any atom is -0.476 e. The van der Waals surface area contributed by atoms with Crippen molar-refractivity contribution in [1.29, 1.82) is 0 Å². The zero-order chi connectivity index (χ0) is 9.97. The standard InChI is InChI=1S/C7H10N4O3/c12-7(13)6-5(9-11-10-6)4-3-8-1-2-14-4/h4,8H,1-3H2,(H,12,13)(H,9,10,11). The molecule has 1 aromatic heterocycles. The molecule has 0 spiro atoms. The first-order chi connectivity index (χ1) is 6.79. The third-order valence-corrected chi connectivity index (χ3v) is 2.01. The highest BCUT2D eigenvalue weighted by Crippen LogP contribution is 2.18. The Bertz CT molecular complexity index is 331. The topological polar surface area (TPSA) is 100 Å². The third kappa shape index (κ3) is 1.59. The van der Waals surface area contributed by atoms with Crippen LogP contribution in [0.3, 0.4) is 0 Å². The average Bonchev–Trinajstić information content (AvgIpc) is 2.67. The smallest absolute Gasteiger partial charge is 0.358 e. The molecule has 0 bridgehead atoms. The summed E-state index contributed by atoms with van der Waals surface area (Å²) in [4.78, 5) is 10.7. The van der Waals surface area contributed by atoms with Gasteiger partial charge in [-0.2, -0.15) is 10.3 Å². The molecule has 1 fully saturated rings. The molecule has 1 aromatic rings. The number of aromatic nitrogens is 3. The van der Waals surface area contributed by atoms with E-state index in [0.29, 0.717) is 18.8 Å². The minimum absolute atomic E-state index is 0.0706. The van der Waals surface area contributed by atoms with E-state index in [4.69, 9.17) is 9.84 Å². The number of carbonyl (C=O) groups is 1. The van der Waals surface area contributed by atoms with Gasteiger partial charge < -0.3 is 15.2 Å². The predicted molar refractivity (Wildman–Crippen MR) is 44.9 cm³/mol. The number of nitrogens with one attached hydrogen (secondary N) is 2. The molecule has 0 aliphatic carbocycles. The van der Waals surface area contributed by atoms with E-state index < -0.39 is 5.97 Å². The van der Waals surface area contributed by atoms with Crippen molar-refractivity contribution < 1.29 is 14.6 Å². The largest absolute Gasteiger partial charge is 0.476 e. The quantitative estimate of drug-likeness (QED) is 0.573. The van der Waals surface area contributed by atoms with Gasteiger partial charge in [0.25, 0.3) is 0 Å². The number of carboxylic acids is 1. The molecule has 1 saturated heterocycles. The van der Waals surface area contributed by atoms with E-state index >= 15 is 0 Å². The number of nitrogens with zero attached hydrogens (tertiary/aromatic N) is 2. The zero-order valence-electron chi connectivity index (χ0n) is 7.36. The van der Waals surface area contributed by atoms with Crippen molar-refractivity contribution in [2.45, 2.75) is 6.10 Å². The molecule has 0 aromatic carbocycles. The second kappa shape index (κ2) is 3.72. The first-order valence-corrected chi connectivity index (χ1v) is 4.25. The maximum Gasteiger partial charge on any atom is 0.358 e. The van der Waals surface area contributed by atoms with Crippen LogP contribution in [0.1, 0.15) is 22.3 Å². The van der Waals surface area contributed by atoms with E-state index in [-0.39, 0.29) is 11.8 Å². The first kappa shape index (κ1) is 9.10. The van der Waals surface area contributed by atoms with Gasteiger partial charge in [0.15, 0.2) is 5.69 Å². The number of aromatic amines is 1. The highest BCUT2D eigenvalue weighted by molar-refractivity contribution is 5.86. The fourth-order valence-corrected chi connectivity index (χ4v) is 1.36. The number of ether oxygens (including phenoxy) is 1. The number of rotatable bonds is 2. The molecular formula is C7H10N4O3. The second-order valence-electron chi connectivity index (χ2n) is 2.93. The summed E-state index contributed by atoms with van der Waals surface area (Å²) >= 11 is 0. The fourth-order valence-electron chi connectivity index (χ4n) is 1.36. The van der Waals surface area contributed by atoms with Crippen LogP contribution in [0.5, 0.6) is 0 Å². The zero-order valence-corrected chi connectivity index (χ0v) is 7.36. The maximum atomic E-state index is 10.7. The molecular weight excluding hydrogens is 188 g/mol. The molecule has 2 rings (SSSR count). The Morgan fingerprint density at radius 1 is 1.57 bits per heavy atom. The summed E-state index contributed by atoms with van der Waals surface area (Å²) in [5.74, 6) is -1.09. The van der Waals surface area contributed by atoms with Crippen molar-refractivity contribution in [3.8, 4) is 0 Å². The highest BCUT2D eigenvalue weighted by Gasteiger charge is 2.25. The lowest BCUT2D eigenvalue weighted by atomic mass is 10.2. The number of hydrogen-bond donors (Lipinski definition) is 3. The van der Waals surface area contributed by atoms with Crippen LogP contribution in [0.25, 0.3) is 0 Å². The van der Waals surface area contributed by atoms with Gasteiger partial charge in [-0.15, -0.1) is 5.10 Å². The van der Waals surface area contributed by atoms with Crippen molar-refractivity contribution in [3.63, 3.8) is 0 Å². The molecule has 14 heavy (non-hydrogen) atoms. The van der Waals surface area contributed by atoms with Gasteiger partial charge in [-0.1, -0.05) is 0 Å². The molecule has 0 radical (unpaired) electrons. The number of hydrogen-bond acceptors (Lipinski definition) is 5. The van der Waals surface area contributed by atoms with Crippen molar-refractivity contribution >= 4 is 5.97 Å². The maximum absolute atomic E-state index is 10.7. The summed E-state index contributed by atoms with van der Waals surface area (Å²) in [6.45, 7) is 1.89. The second-order valence-corrected chi connectivity index (χ2v) is 2.93. The summed E-state index contributed by atoms with van der Waals surface area (Å²) in [6, 6.07) is 0. The van der Waals surface area contributed by atoms with Gasteiger partial charge in [0.05, 0.1) is 6.61 Å². The van der Waals surface area contributed by atoms with Crippen molar-refractivity contribution in [2.75, 3.05) is 19.7 Å². The van der Waals surface area contributed by atoms with Crippen LogP contribution in [0.2, 0.25) is 0 Å². The normalized spacial score (nSPS) is 22.1. The van der Waals surface area contributed by atoms with E-state index in [1.54, 1.807) is 0 Å². The lowest BCUT2D eigenvalue weighted by Crippen LogP contribution is -2.34. The van der Waals surface area contributed by atoms with Crippen LogP contribution in [0.15, 0.2) is 0 Å². The molecule has 0 saturated carbocycles. The van der Waals surface area contributed by atoms with E-state index in [1.807, 2.05) is 0 Å². The Morgan fingerprint density at radius 2 is 2.43 bits per heavy atom. The van der Waals surface area contributed by atoms with Crippen molar-refractivity contribution in [1.82, 2.24) is 20.7 Å². The highest BCUT2D eigenvalue weighted by atomic mass is 16.5. The van der Waals surface area contributed by atoms with Crippen LogP contribution in [-0.4, -0.2) is 46.2 Å². The van der Waals surface area contributed by atoms with Gasteiger partial charge in [0, 0.05) is 13.1 Å². The Morgan fingerprint density at radius 3 is 3.07 bits per heavy atom. The number of morpholine rings is 1. The van der Waals surface area contributed by atoms with Crippen molar-refractivity contribution in [3.05, 3.63) is 11.4 Å². The van der Waals surface area contributed by atoms with Crippen molar-refractivity contribution in [2.24, 2.45) is 0 Å². The molecule has 1 atom stereocenters. The summed E-state index contributed by atoms with van der Waals surface area (Å²) < 4.78 is 5.36. The SMILES string of the molecule is O=C(O)c1n[nH]nc1C1CNCCO1. The molecule has 7 heteroatoms. The summed E-state index contributed by atoms with van der Waals surface area (Å²) in [7, 11) is 0. The van der Waals surface area contributed by atoms with Gasteiger partial charge in [0.1, 0.15) is 11.8 Å². The van der Waals surface area contributed by atoms with E-state index in [1.165, 1.54) is 0 Å². The van der Waals surface area contributed by atoms with E-state index in [2.05, 4.69) is 20.7 Å².